The van der Waals surface area contributed by atoms with Crippen molar-refractivity contribution >= 4 is 5.91 Å². The van der Waals surface area contributed by atoms with Gasteiger partial charge in [0, 0.05) is 38.9 Å². The maximum atomic E-state index is 12.5. The molecule has 1 amide bonds. The molecule has 1 aromatic rings. The molecule has 0 unspecified atom stereocenters. The average molecular weight is 292 g/mol. The predicted molar refractivity (Wildman–Crippen MR) is 81.2 cm³/mol. The molecule has 1 saturated heterocycles. The number of ether oxygens (including phenoxy) is 1. The van der Waals surface area contributed by atoms with E-state index in [9.17, 15) is 4.79 Å². The molecule has 0 saturated carbocycles. The minimum atomic E-state index is 0.0878. The SMILES string of the molecule is COCc1ccc(C(=O)N2CCCN(CCO)CC2)cc1. The number of carbonyl (C=O) groups excluding carboxylic acids is 1. The zero-order chi connectivity index (χ0) is 15.1. The molecule has 0 atom stereocenters. The molecule has 1 aliphatic heterocycles. The first-order chi connectivity index (χ1) is 10.2. The highest BCUT2D eigenvalue weighted by Crippen LogP contribution is 2.11. The Morgan fingerprint density at radius 2 is 1.95 bits per heavy atom. The van der Waals surface area contributed by atoms with Crippen molar-refractivity contribution < 1.29 is 14.6 Å². The Morgan fingerprint density at radius 1 is 1.19 bits per heavy atom. The van der Waals surface area contributed by atoms with Crippen molar-refractivity contribution in [3.63, 3.8) is 0 Å². The molecule has 0 bridgehead atoms. The number of hydrogen-bond acceptors (Lipinski definition) is 4. The van der Waals surface area contributed by atoms with Gasteiger partial charge in [-0.05, 0) is 30.7 Å². The van der Waals surface area contributed by atoms with Crippen LogP contribution in [0.25, 0.3) is 0 Å². The minimum absolute atomic E-state index is 0.0878. The second kappa shape index (κ2) is 8.12. The van der Waals surface area contributed by atoms with E-state index in [2.05, 4.69) is 4.90 Å². The number of β-amino-alcohol motifs (C(OH)–C–C–N with tert-alkyl or cyclic N) is 1. The first kappa shape index (κ1) is 15.9. The summed E-state index contributed by atoms with van der Waals surface area (Å²) in [7, 11) is 1.66. The molecule has 0 aliphatic carbocycles. The van der Waals surface area contributed by atoms with Gasteiger partial charge >= 0.3 is 0 Å². The van der Waals surface area contributed by atoms with Crippen LogP contribution in [0.4, 0.5) is 0 Å². The molecule has 116 valence electrons. The van der Waals surface area contributed by atoms with Gasteiger partial charge in [0.25, 0.3) is 5.91 Å². The third-order valence-electron chi connectivity index (χ3n) is 3.80. The minimum Gasteiger partial charge on any atom is -0.395 e. The van der Waals surface area contributed by atoms with Gasteiger partial charge in [0.05, 0.1) is 13.2 Å². The number of carbonyl (C=O) groups is 1. The van der Waals surface area contributed by atoms with Crippen LogP contribution in [0.15, 0.2) is 24.3 Å². The summed E-state index contributed by atoms with van der Waals surface area (Å²) in [4.78, 5) is 16.6. The number of amides is 1. The Labute approximate surface area is 126 Å². The Balaban J connectivity index is 1.95. The smallest absolute Gasteiger partial charge is 0.253 e. The van der Waals surface area contributed by atoms with E-state index in [0.29, 0.717) is 13.2 Å². The number of rotatable bonds is 5. The third kappa shape index (κ3) is 4.52. The Hall–Kier alpha value is -1.43. The fourth-order valence-electron chi connectivity index (χ4n) is 2.63. The van der Waals surface area contributed by atoms with Gasteiger partial charge in [-0.3, -0.25) is 9.69 Å². The standard InChI is InChI=1S/C16H24N2O3/c1-21-13-14-3-5-15(6-4-14)16(20)18-8-2-7-17(9-10-18)11-12-19/h3-6,19H,2,7-13H2,1H3. The van der Waals surface area contributed by atoms with Crippen LogP contribution in [0, 0.1) is 0 Å². The molecule has 1 aliphatic rings. The highest BCUT2D eigenvalue weighted by atomic mass is 16.5. The van der Waals surface area contributed by atoms with E-state index in [1.165, 1.54) is 0 Å². The normalized spacial score (nSPS) is 16.8. The van der Waals surface area contributed by atoms with Gasteiger partial charge in [0.1, 0.15) is 0 Å². The lowest BCUT2D eigenvalue weighted by atomic mass is 10.1. The van der Waals surface area contributed by atoms with E-state index in [0.717, 1.165) is 43.7 Å². The van der Waals surface area contributed by atoms with Crippen LogP contribution in [0.5, 0.6) is 0 Å². The summed E-state index contributed by atoms with van der Waals surface area (Å²) >= 11 is 0. The topological polar surface area (TPSA) is 53.0 Å². The van der Waals surface area contributed by atoms with Crippen molar-refractivity contribution in [1.29, 1.82) is 0 Å². The predicted octanol–water partition coefficient (Wildman–Crippen LogP) is 0.973. The summed E-state index contributed by atoms with van der Waals surface area (Å²) in [5, 5.41) is 9.00. The van der Waals surface area contributed by atoms with Crippen molar-refractivity contribution in [3.8, 4) is 0 Å². The van der Waals surface area contributed by atoms with Gasteiger partial charge in [0.15, 0.2) is 0 Å². The molecular formula is C16H24N2O3. The van der Waals surface area contributed by atoms with Crippen molar-refractivity contribution in [2.45, 2.75) is 13.0 Å². The molecule has 2 rings (SSSR count). The Morgan fingerprint density at radius 3 is 2.62 bits per heavy atom. The Bertz CT molecular complexity index is 447. The van der Waals surface area contributed by atoms with E-state index in [-0.39, 0.29) is 12.5 Å². The molecule has 1 heterocycles. The van der Waals surface area contributed by atoms with E-state index in [1.807, 2.05) is 29.2 Å². The van der Waals surface area contributed by atoms with Crippen LogP contribution in [-0.4, -0.2) is 67.3 Å². The van der Waals surface area contributed by atoms with Gasteiger partial charge in [-0.15, -0.1) is 0 Å². The molecule has 5 heteroatoms. The lowest BCUT2D eigenvalue weighted by molar-refractivity contribution is 0.0760. The van der Waals surface area contributed by atoms with Crippen LogP contribution >= 0.6 is 0 Å². The van der Waals surface area contributed by atoms with Crippen molar-refractivity contribution in [3.05, 3.63) is 35.4 Å². The number of aliphatic hydroxyl groups excluding tert-OH is 1. The number of hydrogen-bond donors (Lipinski definition) is 1. The van der Waals surface area contributed by atoms with E-state index >= 15 is 0 Å². The van der Waals surface area contributed by atoms with Crippen molar-refractivity contribution in [1.82, 2.24) is 9.80 Å². The quantitative estimate of drug-likeness (QED) is 0.879. The lowest BCUT2D eigenvalue weighted by Gasteiger charge is -2.21. The fraction of sp³-hybridized carbons (Fsp3) is 0.562. The summed E-state index contributed by atoms with van der Waals surface area (Å²) < 4.78 is 5.07. The average Bonchev–Trinajstić information content (AvgIpc) is 2.74. The van der Waals surface area contributed by atoms with Gasteiger partial charge in [-0.1, -0.05) is 12.1 Å². The van der Waals surface area contributed by atoms with E-state index < -0.39 is 0 Å². The molecule has 1 N–H and O–H groups in total. The monoisotopic (exact) mass is 292 g/mol. The maximum absolute atomic E-state index is 12.5. The first-order valence-corrected chi connectivity index (χ1v) is 7.45. The molecular weight excluding hydrogens is 268 g/mol. The molecule has 0 radical (unpaired) electrons. The second-order valence-corrected chi connectivity index (χ2v) is 5.34. The summed E-state index contributed by atoms with van der Waals surface area (Å²) in [5.74, 6) is 0.0878. The van der Waals surface area contributed by atoms with Crippen LogP contribution in [0.3, 0.4) is 0 Å². The second-order valence-electron chi connectivity index (χ2n) is 5.34. The van der Waals surface area contributed by atoms with Gasteiger partial charge in [-0.25, -0.2) is 0 Å². The largest absolute Gasteiger partial charge is 0.395 e. The zero-order valence-corrected chi connectivity index (χ0v) is 12.6. The highest BCUT2D eigenvalue weighted by Gasteiger charge is 2.19. The maximum Gasteiger partial charge on any atom is 0.253 e. The molecule has 0 spiro atoms. The summed E-state index contributed by atoms with van der Waals surface area (Å²) in [5.41, 5.74) is 1.80. The van der Waals surface area contributed by atoms with E-state index in [1.54, 1.807) is 7.11 Å². The lowest BCUT2D eigenvalue weighted by Crippen LogP contribution is -2.35. The van der Waals surface area contributed by atoms with E-state index in [4.69, 9.17) is 9.84 Å². The Kier molecular flexibility index (Phi) is 6.17. The number of aliphatic hydroxyl groups is 1. The van der Waals surface area contributed by atoms with Gasteiger partial charge in [0.2, 0.25) is 0 Å². The van der Waals surface area contributed by atoms with Crippen LogP contribution in [0.2, 0.25) is 0 Å². The van der Waals surface area contributed by atoms with Crippen LogP contribution < -0.4 is 0 Å². The number of benzene rings is 1. The molecule has 0 aromatic heterocycles. The van der Waals surface area contributed by atoms with Crippen molar-refractivity contribution in [2.24, 2.45) is 0 Å². The summed E-state index contributed by atoms with van der Waals surface area (Å²) in [6.45, 7) is 4.70. The number of methoxy groups -OCH3 is 1. The van der Waals surface area contributed by atoms with Crippen molar-refractivity contribution in [2.75, 3.05) is 46.4 Å². The molecule has 21 heavy (non-hydrogen) atoms. The summed E-state index contributed by atoms with van der Waals surface area (Å²) in [6, 6.07) is 7.61. The molecule has 1 fully saturated rings. The third-order valence-corrected chi connectivity index (χ3v) is 3.80. The highest BCUT2D eigenvalue weighted by molar-refractivity contribution is 5.94. The zero-order valence-electron chi connectivity index (χ0n) is 12.6. The molecule has 5 nitrogen and oxygen atoms in total. The van der Waals surface area contributed by atoms with Gasteiger partial charge < -0.3 is 14.7 Å². The summed E-state index contributed by atoms with van der Waals surface area (Å²) in [6.07, 6.45) is 0.952. The van der Waals surface area contributed by atoms with Crippen LogP contribution in [-0.2, 0) is 11.3 Å². The number of nitrogens with zero attached hydrogens (tertiary/aromatic N) is 2. The van der Waals surface area contributed by atoms with Gasteiger partial charge in [-0.2, -0.15) is 0 Å². The molecule has 1 aromatic carbocycles. The van der Waals surface area contributed by atoms with Crippen LogP contribution in [0.1, 0.15) is 22.3 Å². The first-order valence-electron chi connectivity index (χ1n) is 7.45. The fourth-order valence-corrected chi connectivity index (χ4v) is 2.63.